The van der Waals surface area contributed by atoms with Gasteiger partial charge in [-0.05, 0) is 32.3 Å². The molecule has 2 aromatic heterocycles. The quantitative estimate of drug-likeness (QED) is 0.848. The first-order chi connectivity index (χ1) is 12.5. The minimum absolute atomic E-state index is 0.0227. The van der Waals surface area contributed by atoms with Crippen molar-refractivity contribution in [3.63, 3.8) is 0 Å². The number of carbonyl (C=O) groups is 2. The molecule has 0 radical (unpaired) electrons. The first-order valence-electron chi connectivity index (χ1n) is 8.61. The maximum absolute atomic E-state index is 12.9. The first kappa shape index (κ1) is 16.5. The summed E-state index contributed by atoms with van der Waals surface area (Å²) in [6, 6.07) is 1.66. The zero-order valence-electron chi connectivity index (χ0n) is 14.5. The van der Waals surface area contributed by atoms with Crippen LogP contribution in [0.3, 0.4) is 0 Å². The highest BCUT2D eigenvalue weighted by Gasteiger charge is 2.50. The lowest BCUT2D eigenvalue weighted by molar-refractivity contribution is 0.0552. The fraction of sp³-hybridized carbons (Fsp3) is 0.471. The molecule has 2 aliphatic rings. The predicted molar refractivity (Wildman–Crippen MR) is 91.2 cm³/mol. The van der Waals surface area contributed by atoms with Crippen molar-refractivity contribution in [1.29, 1.82) is 0 Å². The normalized spacial score (nSPS) is 22.3. The number of likely N-dealkylation sites (tertiary alicyclic amines) is 2. The van der Waals surface area contributed by atoms with Gasteiger partial charge in [0, 0.05) is 19.6 Å². The molecule has 4 heterocycles. The Morgan fingerprint density at radius 2 is 2.12 bits per heavy atom. The van der Waals surface area contributed by atoms with E-state index in [9.17, 15) is 9.59 Å². The van der Waals surface area contributed by atoms with Crippen LogP contribution in [-0.2, 0) is 0 Å². The summed E-state index contributed by atoms with van der Waals surface area (Å²) in [5, 5.41) is 7.75. The highest BCUT2D eigenvalue weighted by atomic mass is 16.4. The molecular weight excluding hydrogens is 336 g/mol. The number of nitrogens with zero attached hydrogens (tertiary/aromatic N) is 5. The van der Waals surface area contributed by atoms with E-state index in [0.717, 1.165) is 19.3 Å². The molecule has 2 amide bonds. The van der Waals surface area contributed by atoms with Gasteiger partial charge in [0.25, 0.3) is 17.8 Å². The number of hydrogen-bond donors (Lipinski definition) is 1. The van der Waals surface area contributed by atoms with Crippen LogP contribution >= 0.6 is 0 Å². The van der Waals surface area contributed by atoms with Crippen molar-refractivity contribution in [2.45, 2.75) is 31.7 Å². The fourth-order valence-electron chi connectivity index (χ4n) is 4.03. The molecule has 0 bridgehead atoms. The van der Waals surface area contributed by atoms with E-state index in [1.165, 1.54) is 12.4 Å². The predicted octanol–water partition coefficient (Wildman–Crippen LogP) is 0.876. The number of amides is 2. The van der Waals surface area contributed by atoms with Crippen LogP contribution in [0.4, 0.5) is 6.01 Å². The monoisotopic (exact) mass is 356 g/mol. The van der Waals surface area contributed by atoms with E-state index in [1.54, 1.807) is 17.9 Å². The molecule has 9 nitrogen and oxygen atoms in total. The van der Waals surface area contributed by atoms with Crippen molar-refractivity contribution < 1.29 is 14.0 Å². The molecule has 2 aromatic rings. The summed E-state index contributed by atoms with van der Waals surface area (Å²) in [4.78, 5) is 33.1. The van der Waals surface area contributed by atoms with E-state index in [2.05, 4.69) is 15.2 Å². The maximum Gasteiger partial charge on any atom is 0.292 e. The van der Waals surface area contributed by atoms with Crippen LogP contribution in [0.1, 0.15) is 45.9 Å². The molecule has 136 valence electrons. The van der Waals surface area contributed by atoms with E-state index in [-0.39, 0.29) is 29.1 Å². The molecule has 0 saturated carbocycles. The van der Waals surface area contributed by atoms with Gasteiger partial charge in [-0.1, -0.05) is 0 Å². The van der Waals surface area contributed by atoms with Gasteiger partial charge in [0.05, 0.1) is 29.2 Å². The minimum Gasteiger partial charge on any atom is -0.418 e. The standard InChI is InChI=1S/C17H20N6O3/c1-11-12(3-6-20-21-11)14(24)22-8-5-17(10-22)4-2-7-23(17)15(25)13-9-19-16(18)26-13/h3,6,9H,2,4-5,7-8,10H2,1H3,(H2,18,19). The van der Waals surface area contributed by atoms with Crippen LogP contribution in [0.25, 0.3) is 0 Å². The van der Waals surface area contributed by atoms with Crippen LogP contribution in [0.15, 0.2) is 22.9 Å². The number of anilines is 1. The first-order valence-corrected chi connectivity index (χ1v) is 8.61. The summed E-state index contributed by atoms with van der Waals surface area (Å²) in [5.74, 6) is -0.150. The van der Waals surface area contributed by atoms with E-state index >= 15 is 0 Å². The molecule has 1 spiro atoms. The molecule has 26 heavy (non-hydrogen) atoms. The number of nitrogen functional groups attached to an aromatic ring is 1. The summed E-state index contributed by atoms with van der Waals surface area (Å²) in [6.45, 7) is 3.51. The Labute approximate surface area is 150 Å². The Morgan fingerprint density at radius 3 is 2.85 bits per heavy atom. The van der Waals surface area contributed by atoms with Gasteiger partial charge in [0.15, 0.2) is 0 Å². The van der Waals surface area contributed by atoms with E-state index in [0.29, 0.717) is 30.9 Å². The Bertz CT molecular complexity index is 866. The molecular formula is C17H20N6O3. The van der Waals surface area contributed by atoms with Crippen LogP contribution in [0, 0.1) is 6.92 Å². The van der Waals surface area contributed by atoms with Gasteiger partial charge in [-0.3, -0.25) is 9.59 Å². The SMILES string of the molecule is Cc1nnccc1C(=O)N1CCC2(CCCN2C(=O)c2cnc(N)o2)C1. The Balaban J connectivity index is 1.55. The molecule has 2 fully saturated rings. The Kier molecular flexibility index (Phi) is 3.86. The van der Waals surface area contributed by atoms with Crippen LogP contribution in [0.2, 0.25) is 0 Å². The summed E-state index contributed by atoms with van der Waals surface area (Å²) >= 11 is 0. The number of nitrogens with two attached hydrogens (primary N) is 1. The van der Waals surface area contributed by atoms with Crippen molar-refractivity contribution in [3.05, 3.63) is 35.5 Å². The van der Waals surface area contributed by atoms with Gasteiger partial charge < -0.3 is 20.0 Å². The summed E-state index contributed by atoms with van der Waals surface area (Å²) in [6.07, 6.45) is 5.37. The van der Waals surface area contributed by atoms with E-state index in [4.69, 9.17) is 10.2 Å². The number of aryl methyl sites for hydroxylation is 1. The van der Waals surface area contributed by atoms with Gasteiger partial charge in [-0.15, -0.1) is 0 Å². The van der Waals surface area contributed by atoms with Gasteiger partial charge in [0.2, 0.25) is 5.76 Å². The van der Waals surface area contributed by atoms with Crippen LogP contribution in [0.5, 0.6) is 0 Å². The molecule has 9 heteroatoms. The third kappa shape index (κ3) is 2.59. The zero-order valence-corrected chi connectivity index (χ0v) is 14.5. The van der Waals surface area contributed by atoms with Crippen molar-refractivity contribution >= 4 is 17.8 Å². The lowest BCUT2D eigenvalue weighted by Crippen LogP contribution is -2.49. The number of oxazole rings is 1. The van der Waals surface area contributed by atoms with E-state index < -0.39 is 0 Å². The Morgan fingerprint density at radius 1 is 1.27 bits per heavy atom. The summed E-state index contributed by atoms with van der Waals surface area (Å²) in [5.41, 5.74) is 6.29. The molecule has 1 atom stereocenters. The smallest absolute Gasteiger partial charge is 0.292 e. The summed E-state index contributed by atoms with van der Waals surface area (Å²) < 4.78 is 5.20. The highest BCUT2D eigenvalue weighted by molar-refractivity contribution is 5.96. The number of hydrogen-bond acceptors (Lipinski definition) is 7. The summed E-state index contributed by atoms with van der Waals surface area (Å²) in [7, 11) is 0. The number of carbonyl (C=O) groups excluding carboxylic acids is 2. The van der Waals surface area contributed by atoms with Crippen molar-refractivity contribution in [3.8, 4) is 0 Å². The number of rotatable bonds is 2. The van der Waals surface area contributed by atoms with Crippen LogP contribution < -0.4 is 5.73 Å². The van der Waals surface area contributed by atoms with Gasteiger partial charge in [-0.25, -0.2) is 4.98 Å². The Hall–Kier alpha value is -2.97. The molecule has 0 aromatic carbocycles. The van der Waals surface area contributed by atoms with E-state index in [1.807, 2.05) is 4.90 Å². The highest BCUT2D eigenvalue weighted by Crippen LogP contribution is 2.39. The third-order valence-electron chi connectivity index (χ3n) is 5.33. The topological polar surface area (TPSA) is 118 Å². The zero-order chi connectivity index (χ0) is 18.3. The lowest BCUT2D eigenvalue weighted by atomic mass is 9.95. The average Bonchev–Trinajstić information content (AvgIpc) is 3.35. The molecule has 0 aliphatic carbocycles. The van der Waals surface area contributed by atoms with Gasteiger partial charge in [0.1, 0.15) is 0 Å². The van der Waals surface area contributed by atoms with Gasteiger partial charge in [-0.2, -0.15) is 10.2 Å². The van der Waals surface area contributed by atoms with Crippen LogP contribution in [-0.4, -0.2) is 62.0 Å². The van der Waals surface area contributed by atoms with Crippen molar-refractivity contribution in [1.82, 2.24) is 25.0 Å². The average molecular weight is 356 g/mol. The molecule has 4 rings (SSSR count). The van der Waals surface area contributed by atoms with Crippen molar-refractivity contribution in [2.24, 2.45) is 0 Å². The second-order valence-corrected chi connectivity index (χ2v) is 6.85. The van der Waals surface area contributed by atoms with Gasteiger partial charge >= 0.3 is 0 Å². The van der Waals surface area contributed by atoms with Crippen molar-refractivity contribution in [2.75, 3.05) is 25.4 Å². The second kappa shape index (κ2) is 6.08. The minimum atomic E-state index is -0.358. The fourth-order valence-corrected chi connectivity index (χ4v) is 4.03. The molecule has 2 aliphatic heterocycles. The molecule has 2 saturated heterocycles. The maximum atomic E-state index is 12.9. The lowest BCUT2D eigenvalue weighted by Gasteiger charge is -2.34. The number of aromatic nitrogens is 3. The second-order valence-electron chi connectivity index (χ2n) is 6.85. The molecule has 1 unspecified atom stereocenters. The molecule has 2 N–H and O–H groups in total. The largest absolute Gasteiger partial charge is 0.418 e. The third-order valence-corrected chi connectivity index (χ3v) is 5.33.